The van der Waals surface area contributed by atoms with Gasteiger partial charge in [0.05, 0.1) is 25.6 Å². The molecule has 0 aromatic carbocycles. The summed E-state index contributed by atoms with van der Waals surface area (Å²) in [7, 11) is 2.83. The predicted molar refractivity (Wildman–Crippen MR) is 171 cm³/mol. The van der Waals surface area contributed by atoms with E-state index in [0.29, 0.717) is 12.8 Å². The van der Waals surface area contributed by atoms with Crippen molar-refractivity contribution in [1.29, 1.82) is 0 Å². The number of carbonyl (C=O) groups excluding carboxylic acids is 2. The van der Waals surface area contributed by atoms with Crippen LogP contribution in [-0.2, 0) is 43.7 Å². The number of fused-ring (bicyclic) bond motifs is 8. The van der Waals surface area contributed by atoms with Crippen LogP contribution in [0.4, 0.5) is 0 Å². The zero-order valence-corrected chi connectivity index (χ0v) is 26.8. The van der Waals surface area contributed by atoms with Gasteiger partial charge in [0.15, 0.2) is 0 Å². The van der Waals surface area contributed by atoms with Crippen molar-refractivity contribution in [1.82, 2.24) is 19.9 Å². The normalized spacial score (nSPS) is 14.3. The molecule has 226 valence electrons. The van der Waals surface area contributed by atoms with Gasteiger partial charge in [-0.3, -0.25) is 14.6 Å². The van der Waals surface area contributed by atoms with Gasteiger partial charge in [0.2, 0.25) is 0 Å². The number of aryl methyl sites for hydroxylation is 4. The van der Waals surface area contributed by atoms with E-state index in [1.165, 1.54) is 14.2 Å². The first-order valence-electron chi connectivity index (χ1n) is 14.9. The highest BCUT2D eigenvalue weighted by atomic mass is 16.5. The van der Waals surface area contributed by atoms with Gasteiger partial charge in [-0.25, -0.2) is 4.98 Å². The summed E-state index contributed by atoms with van der Waals surface area (Å²) in [4.78, 5) is 41.9. The van der Waals surface area contributed by atoms with Gasteiger partial charge < -0.3 is 19.4 Å². The first-order valence-corrected chi connectivity index (χ1v) is 14.9. The molecule has 8 nitrogen and oxygen atoms in total. The van der Waals surface area contributed by atoms with E-state index in [1.807, 2.05) is 0 Å². The van der Waals surface area contributed by atoms with Crippen LogP contribution < -0.4 is 0 Å². The Kier molecular flexibility index (Phi) is 8.07. The van der Waals surface area contributed by atoms with E-state index in [0.717, 1.165) is 90.2 Å². The number of allylic oxidation sites excluding steroid dienone is 2. The van der Waals surface area contributed by atoms with Crippen molar-refractivity contribution in [2.24, 2.45) is 0 Å². The number of rotatable bonds is 6. The third kappa shape index (κ3) is 5.63. The average molecular weight is 583 g/mol. The fraction of sp³-hybridized carbons (Fsp3) is 0.429. The molecule has 8 heteroatoms. The van der Waals surface area contributed by atoms with Gasteiger partial charge in [0.1, 0.15) is 0 Å². The van der Waals surface area contributed by atoms with Crippen LogP contribution in [0.25, 0.3) is 33.2 Å². The van der Waals surface area contributed by atoms with Gasteiger partial charge in [-0.2, -0.15) is 0 Å². The number of nitrogens with zero attached hydrogens (tertiary/aromatic N) is 2. The van der Waals surface area contributed by atoms with Crippen LogP contribution in [0.2, 0.25) is 0 Å². The maximum Gasteiger partial charge on any atom is 0.305 e. The standard InChI is InChI=1S/C35H42N4O4/c1-18-19(2)34-22(5)30-17-35(6,7)31(38-30)16-27-21(4)24(11-13-33(41)43-9)29(37-27)15-28-23(10-12-32(40)42-8)20(3)26(36-28)14-25(18)39-34/h14-16,36-37H,10-13,17H2,1-9H3. The van der Waals surface area contributed by atoms with E-state index in [9.17, 15) is 9.59 Å². The lowest BCUT2D eigenvalue weighted by molar-refractivity contribution is -0.141. The first kappa shape index (κ1) is 30.3. The van der Waals surface area contributed by atoms with Crippen molar-refractivity contribution in [2.45, 2.75) is 86.0 Å². The minimum absolute atomic E-state index is 0.158. The fourth-order valence-corrected chi connectivity index (χ4v) is 6.20. The minimum Gasteiger partial charge on any atom is -0.469 e. The number of hydrogen-bond donors (Lipinski definition) is 2. The molecule has 8 bridgehead atoms. The van der Waals surface area contributed by atoms with Gasteiger partial charge in [-0.1, -0.05) is 13.8 Å². The Labute approximate surface area is 253 Å². The molecule has 5 rings (SSSR count). The smallest absolute Gasteiger partial charge is 0.305 e. The van der Waals surface area contributed by atoms with Crippen LogP contribution in [-0.4, -0.2) is 46.1 Å². The Morgan fingerprint density at radius 2 is 1.28 bits per heavy atom. The van der Waals surface area contributed by atoms with Crippen LogP contribution in [0.15, 0.2) is 18.2 Å². The molecule has 0 saturated heterocycles. The maximum atomic E-state index is 12.2. The second-order valence-corrected chi connectivity index (χ2v) is 12.4. The molecule has 0 fully saturated rings. The molecular formula is C35H42N4O4. The summed E-state index contributed by atoms with van der Waals surface area (Å²) in [5.74, 6) is -0.502. The lowest BCUT2D eigenvalue weighted by Crippen LogP contribution is -2.15. The number of nitrogens with one attached hydrogen (secondary N) is 2. The maximum absolute atomic E-state index is 12.2. The number of H-pyrrole nitrogens is 2. The van der Waals surface area contributed by atoms with Gasteiger partial charge in [-0.15, -0.1) is 0 Å². The van der Waals surface area contributed by atoms with E-state index in [1.54, 1.807) is 0 Å². The molecule has 3 aromatic heterocycles. The van der Waals surface area contributed by atoms with Crippen LogP contribution in [0.3, 0.4) is 0 Å². The molecule has 2 N–H and O–H groups in total. The van der Waals surface area contributed by atoms with Crippen molar-refractivity contribution in [3.8, 4) is 0 Å². The molecular weight excluding hydrogens is 540 g/mol. The van der Waals surface area contributed by atoms with E-state index in [4.69, 9.17) is 19.4 Å². The highest BCUT2D eigenvalue weighted by molar-refractivity contribution is 5.92. The summed E-state index contributed by atoms with van der Waals surface area (Å²) in [6.07, 6.45) is 2.43. The molecule has 0 aliphatic carbocycles. The fourth-order valence-electron chi connectivity index (χ4n) is 6.20. The number of hydrogen-bond acceptors (Lipinski definition) is 6. The molecule has 5 heterocycles. The average Bonchev–Trinajstić information content (AvgIpc) is 3.63. The molecule has 0 atom stereocenters. The summed E-state index contributed by atoms with van der Waals surface area (Å²) in [6.45, 7) is 15.0. The third-order valence-corrected chi connectivity index (χ3v) is 9.25. The quantitative estimate of drug-likeness (QED) is 0.305. The largest absolute Gasteiger partial charge is 0.469 e. The van der Waals surface area contributed by atoms with Gasteiger partial charge in [-0.05, 0) is 105 Å². The Bertz CT molecular complexity index is 1840. The van der Waals surface area contributed by atoms with Crippen LogP contribution in [0.1, 0.15) is 91.1 Å². The topological polar surface area (TPSA) is 110 Å². The lowest BCUT2D eigenvalue weighted by Gasteiger charge is -2.16. The Morgan fingerprint density at radius 3 is 1.81 bits per heavy atom. The Morgan fingerprint density at radius 1 is 0.744 bits per heavy atom. The number of esters is 2. The van der Waals surface area contributed by atoms with Crippen molar-refractivity contribution in [2.75, 3.05) is 14.2 Å². The van der Waals surface area contributed by atoms with E-state index in [2.05, 4.69) is 76.6 Å². The highest BCUT2D eigenvalue weighted by Gasteiger charge is 2.31. The lowest BCUT2D eigenvalue weighted by atomic mass is 9.86. The van der Waals surface area contributed by atoms with Crippen molar-refractivity contribution < 1.29 is 19.1 Å². The summed E-state index contributed by atoms with van der Waals surface area (Å²) in [6, 6.07) is 6.35. The van der Waals surface area contributed by atoms with Crippen LogP contribution >= 0.6 is 0 Å². The highest BCUT2D eigenvalue weighted by Crippen LogP contribution is 2.37. The molecule has 3 aromatic rings. The summed E-state index contributed by atoms with van der Waals surface area (Å²) in [5.41, 5.74) is 15.2. The Balaban J connectivity index is 1.91. The number of aromatic amines is 2. The number of ether oxygens (including phenoxy) is 2. The van der Waals surface area contributed by atoms with Gasteiger partial charge >= 0.3 is 11.9 Å². The number of aromatic nitrogens is 4. The molecule has 0 radical (unpaired) electrons. The van der Waals surface area contributed by atoms with E-state index in [-0.39, 0.29) is 30.2 Å². The zero-order chi connectivity index (χ0) is 31.2. The van der Waals surface area contributed by atoms with Gasteiger partial charge in [0.25, 0.3) is 0 Å². The summed E-state index contributed by atoms with van der Waals surface area (Å²) < 4.78 is 9.92. The second kappa shape index (κ2) is 11.5. The van der Waals surface area contributed by atoms with Crippen molar-refractivity contribution in [3.05, 3.63) is 68.8 Å². The molecule has 0 amide bonds. The monoisotopic (exact) mass is 582 g/mol. The van der Waals surface area contributed by atoms with Crippen molar-refractivity contribution in [3.63, 3.8) is 0 Å². The molecule has 0 unspecified atom stereocenters. The summed E-state index contributed by atoms with van der Waals surface area (Å²) >= 11 is 0. The molecule has 2 aliphatic heterocycles. The minimum atomic E-state index is -0.252. The third-order valence-electron chi connectivity index (χ3n) is 9.25. The molecule has 43 heavy (non-hydrogen) atoms. The predicted octanol–water partition coefficient (Wildman–Crippen LogP) is 6.92. The Hall–Kier alpha value is -4.20. The molecule has 0 spiro atoms. The molecule has 2 aliphatic rings. The summed E-state index contributed by atoms with van der Waals surface area (Å²) in [5, 5.41) is 0. The van der Waals surface area contributed by atoms with E-state index >= 15 is 0 Å². The van der Waals surface area contributed by atoms with Crippen molar-refractivity contribution >= 4 is 45.2 Å². The SMILES string of the molecule is COC(=O)CCc1c(C)c2cc3nc(c(C)c4nc(cc5[nH]c(cc1[nH]2)c(CCC(=O)OC)c5C)C(C)(C)C4)C(C)=C3C. The first-order chi connectivity index (χ1) is 20.3. The van der Waals surface area contributed by atoms with Gasteiger partial charge in [0, 0.05) is 58.1 Å². The second-order valence-electron chi connectivity index (χ2n) is 12.4. The van der Waals surface area contributed by atoms with Crippen LogP contribution in [0.5, 0.6) is 0 Å². The number of methoxy groups -OCH3 is 2. The van der Waals surface area contributed by atoms with Crippen LogP contribution in [0, 0.1) is 20.8 Å². The zero-order valence-electron chi connectivity index (χ0n) is 26.8. The van der Waals surface area contributed by atoms with E-state index < -0.39 is 0 Å². The number of carbonyl (C=O) groups is 2. The molecule has 0 saturated carbocycles.